The molecule has 13 heteroatoms. The molecule has 0 bridgehead atoms. The van der Waals surface area contributed by atoms with Crippen LogP contribution in [0.3, 0.4) is 0 Å². The summed E-state index contributed by atoms with van der Waals surface area (Å²) >= 11 is 2.37. The molecule has 29 heavy (non-hydrogen) atoms. The molecule has 0 aliphatic rings. The third-order valence-corrected chi connectivity index (χ3v) is 6.20. The summed E-state index contributed by atoms with van der Waals surface area (Å²) in [5, 5.41) is 3.75. The highest BCUT2D eigenvalue weighted by molar-refractivity contribution is 7.98. The highest BCUT2D eigenvalue weighted by Gasteiger charge is 2.15. The van der Waals surface area contributed by atoms with Crippen molar-refractivity contribution in [3.8, 4) is 5.19 Å². The number of nitrogens with zero attached hydrogens (tertiary/aromatic N) is 3. The first-order valence-corrected chi connectivity index (χ1v) is 11.9. The van der Waals surface area contributed by atoms with Gasteiger partial charge in [0.1, 0.15) is 4.70 Å². The number of halogens is 2. The Balaban J connectivity index is 1.81. The highest BCUT2D eigenvalue weighted by Crippen LogP contribution is 2.33. The normalized spacial score (nSPS) is 11.7. The maximum absolute atomic E-state index is 13.9. The number of ether oxygens (including phenoxy) is 1. The van der Waals surface area contributed by atoms with Crippen molar-refractivity contribution in [1.82, 2.24) is 19.7 Å². The van der Waals surface area contributed by atoms with Gasteiger partial charge in [0, 0.05) is 24.4 Å². The van der Waals surface area contributed by atoms with Crippen LogP contribution in [0.2, 0.25) is 0 Å². The van der Waals surface area contributed by atoms with E-state index in [-0.39, 0.29) is 24.4 Å². The number of methoxy groups -OCH3 is 1. The Bertz CT molecular complexity index is 1120. The molecule has 3 aromatic rings. The van der Waals surface area contributed by atoms with Gasteiger partial charge in [0.15, 0.2) is 28.3 Å². The van der Waals surface area contributed by atoms with Crippen molar-refractivity contribution >= 4 is 49.3 Å². The summed E-state index contributed by atoms with van der Waals surface area (Å²) in [6, 6.07) is 3.98. The molecular weight excluding hydrogens is 444 g/mol. The molecule has 2 N–H and O–H groups in total. The second-order valence-corrected chi connectivity index (χ2v) is 9.52. The molecule has 0 aliphatic heterocycles. The molecule has 1 aromatic carbocycles. The molecule has 0 radical (unpaired) electrons. The summed E-state index contributed by atoms with van der Waals surface area (Å²) in [7, 11) is -1.82. The topological polar surface area (TPSA) is 106 Å². The molecule has 8 nitrogen and oxygen atoms in total. The average molecular weight is 462 g/mol. The Hall–Kier alpha value is -2.09. The van der Waals surface area contributed by atoms with E-state index in [1.54, 1.807) is 0 Å². The first kappa shape index (κ1) is 21.6. The minimum atomic E-state index is -3.30. The van der Waals surface area contributed by atoms with E-state index in [1.807, 2.05) is 0 Å². The van der Waals surface area contributed by atoms with E-state index in [0.29, 0.717) is 26.5 Å². The lowest BCUT2D eigenvalue weighted by molar-refractivity contribution is 0.412. The van der Waals surface area contributed by atoms with Gasteiger partial charge in [-0.3, -0.25) is 0 Å². The van der Waals surface area contributed by atoms with Crippen LogP contribution in [0.15, 0.2) is 23.4 Å². The van der Waals surface area contributed by atoms with Gasteiger partial charge >= 0.3 is 0 Å². The van der Waals surface area contributed by atoms with Gasteiger partial charge < -0.3 is 10.1 Å². The van der Waals surface area contributed by atoms with Gasteiger partial charge in [-0.15, -0.1) is 0 Å². The van der Waals surface area contributed by atoms with Gasteiger partial charge in [0.2, 0.25) is 10.0 Å². The van der Waals surface area contributed by atoms with E-state index in [2.05, 4.69) is 25.0 Å². The van der Waals surface area contributed by atoms with Crippen LogP contribution >= 0.6 is 23.1 Å². The van der Waals surface area contributed by atoms with E-state index in [4.69, 9.17) is 4.74 Å². The summed E-state index contributed by atoms with van der Waals surface area (Å²) in [4.78, 5) is 13.0. The molecule has 0 atom stereocenters. The molecule has 0 saturated carbocycles. The van der Waals surface area contributed by atoms with Crippen molar-refractivity contribution < 1.29 is 21.9 Å². The lowest BCUT2D eigenvalue weighted by Crippen LogP contribution is -2.27. The van der Waals surface area contributed by atoms with Crippen LogP contribution < -0.4 is 14.8 Å². The summed E-state index contributed by atoms with van der Waals surface area (Å²) in [5.74, 6) is -1.23. The molecule has 0 spiro atoms. The van der Waals surface area contributed by atoms with Crippen LogP contribution in [0.5, 0.6) is 5.19 Å². The zero-order valence-corrected chi connectivity index (χ0v) is 17.8. The number of hydrogen-bond acceptors (Lipinski definition) is 9. The number of anilines is 1. The number of thioether (sulfide) groups is 1. The molecule has 156 valence electrons. The molecule has 3 rings (SSSR count). The van der Waals surface area contributed by atoms with Crippen LogP contribution in [-0.2, 0) is 15.8 Å². The van der Waals surface area contributed by atoms with Crippen molar-refractivity contribution in [2.24, 2.45) is 0 Å². The van der Waals surface area contributed by atoms with Gasteiger partial charge in [-0.2, -0.15) is 4.98 Å². The predicted molar refractivity (Wildman–Crippen MR) is 109 cm³/mol. The van der Waals surface area contributed by atoms with Crippen LogP contribution in [0.1, 0.15) is 5.56 Å². The summed E-state index contributed by atoms with van der Waals surface area (Å²) in [5.41, 5.74) is 0.587. The largest absolute Gasteiger partial charge is 0.473 e. The van der Waals surface area contributed by atoms with Crippen LogP contribution in [0.4, 0.5) is 14.6 Å². The smallest absolute Gasteiger partial charge is 0.275 e. The molecule has 0 fully saturated rings. The second-order valence-electron chi connectivity index (χ2n) is 5.79. The molecule has 0 aliphatic carbocycles. The fourth-order valence-electron chi connectivity index (χ4n) is 2.28. The molecule has 2 aromatic heterocycles. The van der Waals surface area contributed by atoms with Gasteiger partial charge in [0.05, 0.1) is 13.4 Å². The number of benzene rings is 1. The third-order valence-electron chi connectivity index (χ3n) is 3.56. The van der Waals surface area contributed by atoms with Crippen LogP contribution in [0, 0.1) is 11.6 Å². The van der Waals surface area contributed by atoms with Crippen molar-refractivity contribution in [3.63, 3.8) is 0 Å². The quantitative estimate of drug-likeness (QED) is 0.285. The van der Waals surface area contributed by atoms with E-state index >= 15 is 0 Å². The van der Waals surface area contributed by atoms with Crippen molar-refractivity contribution in [3.05, 3.63) is 35.4 Å². The minimum absolute atomic E-state index is 0.130. The Morgan fingerprint density at radius 1 is 1.21 bits per heavy atom. The van der Waals surface area contributed by atoms with Gasteiger partial charge in [-0.25, -0.2) is 31.9 Å². The van der Waals surface area contributed by atoms with Crippen LogP contribution in [-0.4, -0.2) is 49.8 Å². The van der Waals surface area contributed by atoms with E-state index in [0.717, 1.165) is 24.1 Å². The Morgan fingerprint density at radius 3 is 2.72 bits per heavy atom. The number of aromatic nitrogens is 3. The number of fused-ring (bicyclic) bond motifs is 1. The monoisotopic (exact) mass is 461 g/mol. The summed E-state index contributed by atoms with van der Waals surface area (Å²) < 4.78 is 57.8. The highest BCUT2D eigenvalue weighted by atomic mass is 32.2. The zero-order valence-electron chi connectivity index (χ0n) is 15.4. The maximum atomic E-state index is 13.9. The second kappa shape index (κ2) is 9.15. The lowest BCUT2D eigenvalue weighted by atomic mass is 10.2. The van der Waals surface area contributed by atoms with E-state index in [1.165, 1.54) is 30.6 Å². The number of hydrogen-bond donors (Lipinski definition) is 2. The Morgan fingerprint density at radius 2 is 2.00 bits per heavy atom. The summed E-state index contributed by atoms with van der Waals surface area (Å²) in [6.07, 6.45) is 1.07. The minimum Gasteiger partial charge on any atom is -0.473 e. The zero-order chi connectivity index (χ0) is 21.0. The molecule has 0 unspecified atom stereocenters. The standard InChI is InChI=1S/C16H17F2N5O3S3/c1-26-16-23-14-12(28-16)13(19-6-7-20-29(2,24)25)21-15(22-14)27-8-9-4-3-5-10(17)11(9)18/h3-5,20H,6-8H2,1-2H3,(H,19,21,22). The first-order chi connectivity index (χ1) is 13.8. The maximum Gasteiger partial charge on any atom is 0.275 e. The molecule has 0 amide bonds. The molecule has 0 saturated heterocycles. The van der Waals surface area contributed by atoms with Crippen molar-refractivity contribution in [2.45, 2.75) is 10.9 Å². The Labute approximate surface area is 174 Å². The first-order valence-electron chi connectivity index (χ1n) is 8.23. The predicted octanol–water partition coefficient (Wildman–Crippen LogP) is 2.63. The number of rotatable bonds is 9. The van der Waals surface area contributed by atoms with Gasteiger partial charge in [-0.1, -0.05) is 35.2 Å². The van der Waals surface area contributed by atoms with E-state index < -0.39 is 21.7 Å². The number of nitrogens with one attached hydrogen (secondary N) is 2. The molecular formula is C16H17F2N5O3S3. The van der Waals surface area contributed by atoms with E-state index in [9.17, 15) is 17.2 Å². The SMILES string of the molecule is COc1nc2nc(SCc3cccc(F)c3F)nc(NCCNS(C)(=O)=O)c2s1. The van der Waals surface area contributed by atoms with Crippen LogP contribution in [0.25, 0.3) is 10.3 Å². The Kier molecular flexibility index (Phi) is 6.82. The van der Waals surface area contributed by atoms with Crippen molar-refractivity contribution in [1.29, 1.82) is 0 Å². The number of thiazole rings is 1. The van der Waals surface area contributed by atoms with Crippen molar-refractivity contribution in [2.75, 3.05) is 31.8 Å². The fraction of sp³-hybridized carbons (Fsp3) is 0.312. The van der Waals surface area contributed by atoms with Gasteiger partial charge in [0.25, 0.3) is 5.19 Å². The fourth-order valence-corrected chi connectivity index (χ4v) is 4.35. The third kappa shape index (κ3) is 5.72. The van der Waals surface area contributed by atoms with Gasteiger partial charge in [-0.05, 0) is 6.07 Å². The number of sulfonamides is 1. The molecule has 2 heterocycles. The average Bonchev–Trinajstić information content (AvgIpc) is 3.09. The summed E-state index contributed by atoms with van der Waals surface area (Å²) in [6.45, 7) is 0.444. The lowest BCUT2D eigenvalue weighted by Gasteiger charge is -2.08.